The molecule has 15 heteroatoms. The Morgan fingerprint density at radius 2 is 1.80 bits per heavy atom. The van der Waals surface area contributed by atoms with Crippen LogP contribution in [0.2, 0.25) is 0 Å². The second-order valence-corrected chi connectivity index (χ2v) is 10.4. The Morgan fingerprint density at radius 3 is 2.47 bits per heavy atom. The number of hydrogen-bond acceptors (Lipinski definition) is 7. The van der Waals surface area contributed by atoms with Crippen LogP contribution < -0.4 is 21.7 Å². The molecule has 1 saturated heterocycles. The number of halogens is 6. The van der Waals surface area contributed by atoms with Crippen LogP contribution in [0.25, 0.3) is 0 Å². The fourth-order valence-electron chi connectivity index (χ4n) is 4.83. The van der Waals surface area contributed by atoms with Crippen LogP contribution in [0.1, 0.15) is 29.0 Å². The van der Waals surface area contributed by atoms with Gasteiger partial charge >= 0.3 is 12.3 Å². The van der Waals surface area contributed by atoms with Gasteiger partial charge in [-0.1, -0.05) is 36.4 Å². The van der Waals surface area contributed by atoms with Gasteiger partial charge in [-0.05, 0) is 36.1 Å². The number of alkyl halides is 3. The highest BCUT2D eigenvalue weighted by molar-refractivity contribution is 5.96. The number of morpholine rings is 1. The first-order valence-corrected chi connectivity index (χ1v) is 13.9. The van der Waals surface area contributed by atoms with E-state index in [0.717, 1.165) is 18.3 Å². The van der Waals surface area contributed by atoms with E-state index in [2.05, 4.69) is 15.6 Å². The smallest absolute Gasteiger partial charge is 0.407 e. The number of nitrogens with one attached hydrogen (secondary N) is 3. The molecule has 1 aliphatic heterocycles. The van der Waals surface area contributed by atoms with Crippen molar-refractivity contribution < 1.29 is 45.4 Å². The predicted octanol–water partition coefficient (Wildman–Crippen LogP) is 4.17. The summed E-state index contributed by atoms with van der Waals surface area (Å²) in [4.78, 5) is 28.6. The number of nitrogens with two attached hydrogens (primary N) is 1. The molecule has 0 unspecified atom stereocenters. The van der Waals surface area contributed by atoms with E-state index < -0.39 is 66.3 Å². The fourth-order valence-corrected chi connectivity index (χ4v) is 4.83. The number of carbonyl (C=O) groups is 2. The largest absolute Gasteiger partial charge is 0.448 e. The van der Waals surface area contributed by atoms with E-state index in [9.17, 15) is 35.9 Å². The van der Waals surface area contributed by atoms with Gasteiger partial charge in [0.1, 0.15) is 19.0 Å². The molecule has 0 spiro atoms. The molecule has 1 fully saturated rings. The Morgan fingerprint density at radius 1 is 1.04 bits per heavy atom. The Balaban J connectivity index is 1.36. The monoisotopic (exact) mass is 639 g/mol. The lowest BCUT2D eigenvalue weighted by Crippen LogP contribution is -2.49. The van der Waals surface area contributed by atoms with Crippen molar-refractivity contribution in [1.82, 2.24) is 15.6 Å². The maximum Gasteiger partial charge on any atom is 0.407 e. The molecule has 0 aliphatic carbocycles. The number of amides is 2. The minimum Gasteiger partial charge on any atom is -0.448 e. The second kappa shape index (κ2) is 15.2. The standard InChI is InChI=1S/C30H31F6N5O4/c31-22-9-6-18(10-23(22)32)26(17-4-2-1-3-5-17)27(37)28(42)41-25-13-38-12-24(33)21(25)8-7-20-11-39-19(14-44-20)15-45-29(43)40-16-30(34,35)36/h1-6,9-10,12-13,19-20,26-27,39H,7-8,11,14-16,37H2,(H,40,43)(H,41,42)/t19-,20+,26+,27-/m0/s1. The molecule has 0 saturated carbocycles. The minimum atomic E-state index is -4.56. The van der Waals surface area contributed by atoms with Gasteiger partial charge in [-0.25, -0.2) is 18.0 Å². The molecule has 2 aromatic carbocycles. The summed E-state index contributed by atoms with van der Waals surface area (Å²) >= 11 is 0. The van der Waals surface area contributed by atoms with Gasteiger partial charge in [-0.2, -0.15) is 13.2 Å². The quantitative estimate of drug-likeness (QED) is 0.232. The third-order valence-corrected chi connectivity index (χ3v) is 7.12. The molecule has 9 nitrogen and oxygen atoms in total. The number of rotatable bonds is 11. The van der Waals surface area contributed by atoms with E-state index in [1.54, 1.807) is 35.6 Å². The van der Waals surface area contributed by atoms with Crippen LogP contribution in [0.3, 0.4) is 0 Å². The summed E-state index contributed by atoms with van der Waals surface area (Å²) in [5.41, 5.74) is 7.45. The molecule has 242 valence electrons. The van der Waals surface area contributed by atoms with Crippen LogP contribution in [-0.2, 0) is 20.7 Å². The number of ether oxygens (including phenoxy) is 2. The first kappa shape index (κ1) is 33.7. The van der Waals surface area contributed by atoms with E-state index in [1.165, 1.54) is 12.3 Å². The summed E-state index contributed by atoms with van der Waals surface area (Å²) in [7, 11) is 0. The Kier molecular flexibility index (Phi) is 11.4. The zero-order chi connectivity index (χ0) is 32.6. The van der Waals surface area contributed by atoms with Gasteiger partial charge in [0.05, 0.1) is 42.9 Å². The van der Waals surface area contributed by atoms with Gasteiger partial charge in [-0.3, -0.25) is 9.78 Å². The number of carbonyl (C=O) groups excluding carboxylic acids is 2. The molecular weight excluding hydrogens is 608 g/mol. The number of hydrogen-bond donors (Lipinski definition) is 4. The number of benzene rings is 2. The second-order valence-electron chi connectivity index (χ2n) is 10.4. The highest BCUT2D eigenvalue weighted by atomic mass is 19.4. The number of nitrogens with zero attached hydrogens (tertiary/aromatic N) is 1. The maximum atomic E-state index is 14.9. The molecule has 4 rings (SSSR count). The summed E-state index contributed by atoms with van der Waals surface area (Å²) in [6, 6.07) is 10.1. The van der Waals surface area contributed by atoms with Crippen molar-refractivity contribution in [2.75, 3.05) is 31.6 Å². The zero-order valence-electron chi connectivity index (χ0n) is 23.8. The summed E-state index contributed by atoms with van der Waals surface area (Å²) < 4.78 is 89.8. The SMILES string of the molecule is N[C@H](C(=O)Nc1cncc(F)c1CC[C@@H]1CN[C@H](COC(=O)NCC(F)(F)F)CO1)[C@H](c1ccccc1)c1ccc(F)c(F)c1. The van der Waals surface area contributed by atoms with E-state index in [1.807, 2.05) is 0 Å². The number of alkyl carbamates (subject to hydrolysis) is 1. The van der Waals surface area contributed by atoms with E-state index in [4.69, 9.17) is 15.2 Å². The van der Waals surface area contributed by atoms with Crippen molar-refractivity contribution in [3.8, 4) is 0 Å². The van der Waals surface area contributed by atoms with Crippen LogP contribution in [0.5, 0.6) is 0 Å². The van der Waals surface area contributed by atoms with Gasteiger partial charge in [0.15, 0.2) is 11.6 Å². The molecule has 2 heterocycles. The van der Waals surface area contributed by atoms with E-state index in [-0.39, 0.29) is 43.0 Å². The molecule has 4 atom stereocenters. The Hall–Kier alpha value is -4.21. The van der Waals surface area contributed by atoms with Crippen molar-refractivity contribution in [2.45, 2.75) is 43.1 Å². The summed E-state index contributed by atoms with van der Waals surface area (Å²) in [6.07, 6.45) is -3.46. The first-order chi connectivity index (χ1) is 21.4. The highest BCUT2D eigenvalue weighted by Gasteiger charge is 2.31. The minimum absolute atomic E-state index is 0.0764. The average molecular weight is 640 g/mol. The van der Waals surface area contributed by atoms with Crippen molar-refractivity contribution >= 4 is 17.7 Å². The van der Waals surface area contributed by atoms with Gasteiger partial charge in [0, 0.05) is 18.0 Å². The topological polar surface area (TPSA) is 128 Å². The summed E-state index contributed by atoms with van der Waals surface area (Å²) in [5.74, 6) is -4.39. The third kappa shape index (κ3) is 9.64. The molecule has 45 heavy (non-hydrogen) atoms. The van der Waals surface area contributed by atoms with Crippen molar-refractivity contribution in [3.05, 3.63) is 95.1 Å². The van der Waals surface area contributed by atoms with Crippen LogP contribution in [-0.4, -0.2) is 67.7 Å². The molecule has 1 aliphatic rings. The highest BCUT2D eigenvalue weighted by Crippen LogP contribution is 2.30. The van der Waals surface area contributed by atoms with Crippen molar-refractivity contribution in [3.63, 3.8) is 0 Å². The fraction of sp³-hybridized carbons (Fsp3) is 0.367. The normalized spacial score (nSPS) is 18.1. The van der Waals surface area contributed by atoms with Crippen LogP contribution >= 0.6 is 0 Å². The van der Waals surface area contributed by atoms with Crippen LogP contribution in [0.4, 0.5) is 36.8 Å². The van der Waals surface area contributed by atoms with Crippen LogP contribution in [0, 0.1) is 17.5 Å². The molecule has 3 aromatic rings. The summed E-state index contributed by atoms with van der Waals surface area (Å²) in [5, 5.41) is 7.29. The summed E-state index contributed by atoms with van der Waals surface area (Å²) in [6.45, 7) is -1.37. The van der Waals surface area contributed by atoms with Crippen LogP contribution in [0.15, 0.2) is 60.9 Å². The molecule has 2 amide bonds. The first-order valence-electron chi connectivity index (χ1n) is 13.9. The molecule has 1 aromatic heterocycles. The van der Waals surface area contributed by atoms with E-state index in [0.29, 0.717) is 12.0 Å². The number of pyridine rings is 1. The lowest BCUT2D eigenvalue weighted by molar-refractivity contribution is -0.124. The van der Waals surface area contributed by atoms with Gasteiger partial charge in [-0.15, -0.1) is 0 Å². The predicted molar refractivity (Wildman–Crippen MR) is 151 cm³/mol. The van der Waals surface area contributed by atoms with Crippen molar-refractivity contribution in [2.24, 2.45) is 5.73 Å². The maximum absolute atomic E-state index is 14.9. The van der Waals surface area contributed by atoms with Gasteiger partial charge in [0.2, 0.25) is 5.91 Å². The lowest BCUT2D eigenvalue weighted by atomic mass is 9.85. The molecule has 0 bridgehead atoms. The van der Waals surface area contributed by atoms with Gasteiger partial charge < -0.3 is 31.2 Å². The van der Waals surface area contributed by atoms with Crippen molar-refractivity contribution in [1.29, 1.82) is 0 Å². The molecule has 0 radical (unpaired) electrons. The molecular formula is C30H31F6N5O4. The number of aromatic nitrogens is 1. The third-order valence-electron chi connectivity index (χ3n) is 7.12. The lowest BCUT2D eigenvalue weighted by Gasteiger charge is -2.30. The number of anilines is 1. The Labute approximate surface area is 254 Å². The zero-order valence-corrected chi connectivity index (χ0v) is 23.8. The average Bonchev–Trinajstić information content (AvgIpc) is 3.01. The Bertz CT molecular complexity index is 1450. The van der Waals surface area contributed by atoms with E-state index >= 15 is 0 Å². The van der Waals surface area contributed by atoms with Gasteiger partial charge in [0.25, 0.3) is 0 Å². The molecule has 5 N–H and O–H groups in total.